The number of nitrogens with zero attached hydrogens (tertiary/aromatic N) is 2. The molecule has 0 atom stereocenters. The Morgan fingerprint density at radius 3 is 2.56 bits per heavy atom. The molecule has 0 unspecified atom stereocenters. The Morgan fingerprint density at radius 2 is 1.94 bits per heavy atom. The minimum absolute atomic E-state index is 0.0682. The van der Waals surface area contributed by atoms with Crippen molar-refractivity contribution in [3.63, 3.8) is 0 Å². The number of benzene rings is 1. The maximum Gasteiger partial charge on any atom is 0.109 e. The van der Waals surface area contributed by atoms with Crippen LogP contribution in [-0.4, -0.2) is 18.9 Å². The second kappa shape index (κ2) is 3.81. The van der Waals surface area contributed by atoms with Gasteiger partial charge in [0.15, 0.2) is 0 Å². The molecule has 1 heterocycles. The predicted octanol–water partition coefficient (Wildman–Crippen LogP) is 2.53. The second-order valence-electron chi connectivity index (χ2n) is 5.17. The highest BCUT2D eigenvalue weighted by Crippen LogP contribution is 2.30. The zero-order valence-electron chi connectivity index (χ0n) is 10.2. The van der Waals surface area contributed by atoms with Crippen LogP contribution in [0.2, 0.25) is 0 Å². The summed E-state index contributed by atoms with van der Waals surface area (Å²) in [4.78, 5) is 6.82. The van der Waals surface area contributed by atoms with Crippen molar-refractivity contribution >= 4 is 17.2 Å². The first-order chi connectivity index (χ1) is 7.50. The zero-order valence-corrected chi connectivity index (χ0v) is 10.2. The largest absolute Gasteiger partial charge is 0.397 e. The highest BCUT2D eigenvalue weighted by molar-refractivity contribution is 6.04. The minimum Gasteiger partial charge on any atom is -0.397 e. The van der Waals surface area contributed by atoms with E-state index in [2.05, 4.69) is 36.7 Å². The van der Waals surface area contributed by atoms with E-state index in [1.54, 1.807) is 0 Å². The first-order valence-corrected chi connectivity index (χ1v) is 5.67. The van der Waals surface area contributed by atoms with Crippen molar-refractivity contribution in [2.45, 2.75) is 20.8 Å². The Hall–Kier alpha value is -1.51. The molecule has 0 saturated carbocycles. The van der Waals surface area contributed by atoms with Crippen LogP contribution in [0.1, 0.15) is 20.8 Å². The third kappa shape index (κ3) is 1.90. The van der Waals surface area contributed by atoms with Gasteiger partial charge >= 0.3 is 0 Å². The summed E-state index contributed by atoms with van der Waals surface area (Å²) in [6.07, 6.45) is 0. The Bertz CT molecular complexity index is 415. The molecule has 86 valence electrons. The smallest absolute Gasteiger partial charge is 0.109 e. The topological polar surface area (TPSA) is 41.6 Å². The summed E-state index contributed by atoms with van der Waals surface area (Å²) in [5, 5.41) is 0. The van der Waals surface area contributed by atoms with Gasteiger partial charge in [-0.2, -0.15) is 0 Å². The Balaban J connectivity index is 2.37. The van der Waals surface area contributed by atoms with E-state index in [9.17, 15) is 0 Å². The number of amidine groups is 1. The summed E-state index contributed by atoms with van der Waals surface area (Å²) in [6, 6.07) is 7.98. The second-order valence-corrected chi connectivity index (χ2v) is 5.17. The van der Waals surface area contributed by atoms with Gasteiger partial charge in [-0.25, -0.2) is 0 Å². The summed E-state index contributed by atoms with van der Waals surface area (Å²) >= 11 is 0. The molecule has 1 aliphatic rings. The standard InChI is InChI=1S/C13H19N3/c1-13(2,3)12-15-8-9-16(12)11-7-5-4-6-10(11)14/h4-7H,8-9,14H2,1-3H3. The molecule has 16 heavy (non-hydrogen) atoms. The minimum atomic E-state index is 0.0682. The van der Waals surface area contributed by atoms with E-state index in [0.717, 1.165) is 30.3 Å². The summed E-state index contributed by atoms with van der Waals surface area (Å²) in [5.41, 5.74) is 7.98. The van der Waals surface area contributed by atoms with Gasteiger partial charge in [0.2, 0.25) is 0 Å². The summed E-state index contributed by atoms with van der Waals surface area (Å²) < 4.78 is 0. The van der Waals surface area contributed by atoms with Crippen molar-refractivity contribution < 1.29 is 0 Å². The fraction of sp³-hybridized carbons (Fsp3) is 0.462. The van der Waals surface area contributed by atoms with Crippen LogP contribution in [0, 0.1) is 5.41 Å². The van der Waals surface area contributed by atoms with Gasteiger partial charge in [0, 0.05) is 12.0 Å². The monoisotopic (exact) mass is 217 g/mol. The summed E-state index contributed by atoms with van der Waals surface area (Å²) in [5.74, 6) is 1.13. The van der Waals surface area contributed by atoms with Crippen LogP contribution in [0.3, 0.4) is 0 Å². The van der Waals surface area contributed by atoms with Crippen LogP contribution in [-0.2, 0) is 0 Å². The predicted molar refractivity (Wildman–Crippen MR) is 70.0 cm³/mol. The number of para-hydroxylation sites is 2. The lowest BCUT2D eigenvalue weighted by molar-refractivity contribution is 0.583. The van der Waals surface area contributed by atoms with Crippen LogP contribution in [0.25, 0.3) is 0 Å². The number of nitrogens with two attached hydrogens (primary N) is 1. The van der Waals surface area contributed by atoms with E-state index in [1.807, 2.05) is 18.2 Å². The lowest BCUT2D eigenvalue weighted by Gasteiger charge is -2.29. The normalized spacial score (nSPS) is 16.4. The Kier molecular flexibility index (Phi) is 2.62. The molecular formula is C13H19N3. The van der Waals surface area contributed by atoms with E-state index in [4.69, 9.17) is 5.73 Å². The molecule has 1 aliphatic heterocycles. The highest BCUT2D eigenvalue weighted by Gasteiger charge is 2.29. The Labute approximate surface area is 97.0 Å². The first kappa shape index (κ1) is 11.0. The van der Waals surface area contributed by atoms with Gasteiger partial charge in [-0.05, 0) is 12.1 Å². The maximum atomic E-state index is 6.01. The van der Waals surface area contributed by atoms with Crippen LogP contribution in [0.15, 0.2) is 29.3 Å². The number of rotatable bonds is 1. The third-order valence-corrected chi connectivity index (χ3v) is 2.74. The molecule has 0 bridgehead atoms. The molecule has 2 N–H and O–H groups in total. The molecule has 0 aromatic heterocycles. The van der Waals surface area contributed by atoms with Crippen molar-refractivity contribution in [3.05, 3.63) is 24.3 Å². The molecule has 0 spiro atoms. The van der Waals surface area contributed by atoms with Crippen molar-refractivity contribution in [2.75, 3.05) is 23.7 Å². The highest BCUT2D eigenvalue weighted by atomic mass is 15.3. The van der Waals surface area contributed by atoms with Gasteiger partial charge < -0.3 is 10.6 Å². The van der Waals surface area contributed by atoms with Gasteiger partial charge in [-0.15, -0.1) is 0 Å². The van der Waals surface area contributed by atoms with Crippen molar-refractivity contribution in [2.24, 2.45) is 10.4 Å². The number of aliphatic imine (C=N–C) groups is 1. The quantitative estimate of drug-likeness (QED) is 0.734. The summed E-state index contributed by atoms with van der Waals surface area (Å²) in [6.45, 7) is 8.34. The number of hydrogen-bond donors (Lipinski definition) is 1. The van der Waals surface area contributed by atoms with E-state index in [1.165, 1.54) is 0 Å². The van der Waals surface area contributed by atoms with Crippen molar-refractivity contribution in [3.8, 4) is 0 Å². The third-order valence-electron chi connectivity index (χ3n) is 2.74. The average Bonchev–Trinajstić information content (AvgIpc) is 2.66. The lowest BCUT2D eigenvalue weighted by atomic mass is 9.94. The van der Waals surface area contributed by atoms with E-state index in [-0.39, 0.29) is 5.41 Å². The van der Waals surface area contributed by atoms with E-state index < -0.39 is 0 Å². The fourth-order valence-corrected chi connectivity index (χ4v) is 2.06. The van der Waals surface area contributed by atoms with E-state index >= 15 is 0 Å². The van der Waals surface area contributed by atoms with Gasteiger partial charge in [-0.1, -0.05) is 32.9 Å². The number of hydrogen-bond acceptors (Lipinski definition) is 3. The molecule has 0 fully saturated rings. The molecule has 0 radical (unpaired) electrons. The van der Waals surface area contributed by atoms with Crippen molar-refractivity contribution in [1.29, 1.82) is 0 Å². The van der Waals surface area contributed by atoms with Crippen molar-refractivity contribution in [1.82, 2.24) is 0 Å². The van der Waals surface area contributed by atoms with Crippen LogP contribution in [0.5, 0.6) is 0 Å². The number of nitrogen functional groups attached to an aromatic ring is 1. The van der Waals surface area contributed by atoms with Crippen LogP contribution < -0.4 is 10.6 Å². The molecule has 3 heteroatoms. The van der Waals surface area contributed by atoms with Crippen LogP contribution >= 0.6 is 0 Å². The van der Waals surface area contributed by atoms with E-state index in [0.29, 0.717) is 0 Å². The Morgan fingerprint density at radius 1 is 1.25 bits per heavy atom. The molecule has 0 aliphatic carbocycles. The van der Waals surface area contributed by atoms with Crippen LogP contribution in [0.4, 0.5) is 11.4 Å². The van der Waals surface area contributed by atoms with Gasteiger partial charge in [-0.3, -0.25) is 4.99 Å². The molecule has 1 aromatic rings. The SMILES string of the molecule is CC(C)(C)C1=NCCN1c1ccccc1N. The van der Waals surface area contributed by atoms with Gasteiger partial charge in [0.05, 0.1) is 17.9 Å². The molecule has 0 amide bonds. The van der Waals surface area contributed by atoms with Gasteiger partial charge in [0.1, 0.15) is 5.84 Å². The fourth-order valence-electron chi connectivity index (χ4n) is 2.06. The van der Waals surface area contributed by atoms with Gasteiger partial charge in [0.25, 0.3) is 0 Å². The summed E-state index contributed by atoms with van der Waals surface area (Å²) in [7, 11) is 0. The molecule has 2 rings (SSSR count). The average molecular weight is 217 g/mol. The maximum absolute atomic E-state index is 6.01. The molecule has 1 aromatic carbocycles. The molecule has 3 nitrogen and oxygen atoms in total. The number of anilines is 2. The molecule has 0 saturated heterocycles. The lowest BCUT2D eigenvalue weighted by Crippen LogP contribution is -2.37. The first-order valence-electron chi connectivity index (χ1n) is 5.67. The molecular weight excluding hydrogens is 198 g/mol. The zero-order chi connectivity index (χ0) is 11.8.